The number of benzene rings is 1. The van der Waals surface area contributed by atoms with E-state index in [0.717, 1.165) is 6.42 Å². The molecule has 1 aromatic rings. The lowest BCUT2D eigenvalue weighted by atomic mass is 10.1. The van der Waals surface area contributed by atoms with E-state index in [1.807, 2.05) is 26.0 Å². The molecule has 3 nitrogen and oxygen atoms in total. The predicted octanol–water partition coefficient (Wildman–Crippen LogP) is 4.33. The van der Waals surface area contributed by atoms with Gasteiger partial charge in [-0.2, -0.15) is 4.89 Å². The summed E-state index contributed by atoms with van der Waals surface area (Å²) in [7, 11) is 0. The molecule has 0 saturated carbocycles. The number of carbonyl (C=O) groups excluding carboxylic acids is 1. The minimum absolute atomic E-state index is 0.216. The van der Waals surface area contributed by atoms with E-state index in [2.05, 4.69) is 11.8 Å². The summed E-state index contributed by atoms with van der Waals surface area (Å²) in [5.74, 6) is -0.245. The first-order valence-electron chi connectivity index (χ1n) is 6.93. The Labute approximate surface area is 115 Å². The van der Waals surface area contributed by atoms with Gasteiger partial charge in [0.1, 0.15) is 6.61 Å². The highest BCUT2D eigenvalue weighted by molar-refractivity contribution is 5.88. The van der Waals surface area contributed by atoms with Crippen molar-refractivity contribution in [3.63, 3.8) is 0 Å². The van der Waals surface area contributed by atoms with Crippen LogP contribution in [-0.4, -0.2) is 5.97 Å². The second kappa shape index (κ2) is 8.70. The van der Waals surface area contributed by atoms with Gasteiger partial charge in [-0.1, -0.05) is 45.7 Å². The number of hydrogen-bond donors (Lipinski definition) is 0. The zero-order chi connectivity index (χ0) is 14.1. The second-order valence-electron chi connectivity index (χ2n) is 5.00. The van der Waals surface area contributed by atoms with Crippen LogP contribution in [0.25, 0.3) is 0 Å². The van der Waals surface area contributed by atoms with E-state index >= 15 is 0 Å². The molecule has 0 fully saturated rings. The third-order valence-electron chi connectivity index (χ3n) is 2.71. The normalized spacial score (nSPS) is 10.7. The molecule has 1 radical (unpaired) electrons. The smallest absolute Gasteiger partial charge is 0.292 e. The Kier molecular flexibility index (Phi) is 7.19. The fraction of sp³-hybridized carbons (Fsp3) is 0.500. The van der Waals surface area contributed by atoms with Gasteiger partial charge in [0.05, 0.1) is 5.56 Å². The van der Waals surface area contributed by atoms with Crippen LogP contribution in [0.1, 0.15) is 56.0 Å². The maximum Gasteiger partial charge on any atom is 0.373 e. The lowest BCUT2D eigenvalue weighted by Crippen LogP contribution is -2.06. The molecule has 105 valence electrons. The van der Waals surface area contributed by atoms with Crippen molar-refractivity contribution in [2.45, 2.75) is 46.5 Å². The van der Waals surface area contributed by atoms with Gasteiger partial charge in [-0.3, -0.25) is 4.89 Å². The number of unbranched alkanes of at least 4 members (excludes halogenated alkanes) is 2. The van der Waals surface area contributed by atoms with Crippen molar-refractivity contribution in [2.75, 3.05) is 0 Å². The summed E-state index contributed by atoms with van der Waals surface area (Å²) in [5.41, 5.74) is 1.76. The SMILES string of the molecule is CCCCCc1ccc(C(=O)OO[CH]C(C)C)cc1. The van der Waals surface area contributed by atoms with Crippen LogP contribution in [0.15, 0.2) is 24.3 Å². The average Bonchev–Trinajstić information content (AvgIpc) is 2.39. The molecular weight excluding hydrogens is 240 g/mol. The first-order valence-corrected chi connectivity index (χ1v) is 6.93. The first kappa shape index (κ1) is 15.7. The highest BCUT2D eigenvalue weighted by Gasteiger charge is 2.08. The Morgan fingerprint density at radius 2 is 1.89 bits per heavy atom. The molecule has 0 spiro atoms. The Hall–Kier alpha value is -1.35. The fourth-order valence-corrected chi connectivity index (χ4v) is 1.62. The lowest BCUT2D eigenvalue weighted by molar-refractivity contribution is -0.217. The molecule has 0 aliphatic rings. The van der Waals surface area contributed by atoms with Crippen LogP contribution in [-0.2, 0) is 16.2 Å². The van der Waals surface area contributed by atoms with E-state index in [1.54, 1.807) is 12.1 Å². The molecule has 0 unspecified atom stereocenters. The van der Waals surface area contributed by atoms with Crippen molar-refractivity contribution in [3.05, 3.63) is 42.0 Å². The van der Waals surface area contributed by atoms with Crippen LogP contribution in [0.5, 0.6) is 0 Å². The molecule has 1 rings (SSSR count). The number of hydrogen-bond acceptors (Lipinski definition) is 3. The molecule has 19 heavy (non-hydrogen) atoms. The quantitative estimate of drug-likeness (QED) is 0.398. The van der Waals surface area contributed by atoms with Crippen molar-refractivity contribution < 1.29 is 14.6 Å². The highest BCUT2D eigenvalue weighted by atomic mass is 17.2. The number of aryl methyl sites for hydroxylation is 1. The molecule has 0 aliphatic carbocycles. The van der Waals surface area contributed by atoms with Crippen LogP contribution in [0.3, 0.4) is 0 Å². The Morgan fingerprint density at radius 3 is 2.47 bits per heavy atom. The molecule has 0 aromatic heterocycles. The molecule has 0 N–H and O–H groups in total. The van der Waals surface area contributed by atoms with Gasteiger partial charge in [-0.05, 0) is 36.5 Å². The molecule has 0 atom stereocenters. The van der Waals surface area contributed by atoms with E-state index in [9.17, 15) is 4.79 Å². The third-order valence-corrected chi connectivity index (χ3v) is 2.71. The van der Waals surface area contributed by atoms with Crippen molar-refractivity contribution in [2.24, 2.45) is 5.92 Å². The van der Waals surface area contributed by atoms with Crippen molar-refractivity contribution >= 4 is 5.97 Å². The van der Waals surface area contributed by atoms with Crippen LogP contribution in [0.2, 0.25) is 0 Å². The van der Waals surface area contributed by atoms with E-state index in [1.165, 1.54) is 31.4 Å². The van der Waals surface area contributed by atoms with E-state index < -0.39 is 5.97 Å². The average molecular weight is 263 g/mol. The molecule has 0 amide bonds. The molecule has 3 heteroatoms. The van der Waals surface area contributed by atoms with E-state index in [4.69, 9.17) is 4.89 Å². The van der Waals surface area contributed by atoms with Gasteiger partial charge in [0.2, 0.25) is 0 Å². The second-order valence-corrected chi connectivity index (χ2v) is 5.00. The van der Waals surface area contributed by atoms with Crippen LogP contribution < -0.4 is 0 Å². The summed E-state index contributed by atoms with van der Waals surface area (Å²) < 4.78 is 0. The number of carbonyl (C=O) groups is 1. The standard InChI is InChI=1S/C16H23O3/c1-4-5-6-7-14-8-10-15(11-9-14)16(17)19-18-12-13(2)3/h8-13H,4-7H2,1-3H3. The predicted molar refractivity (Wildman–Crippen MR) is 75.3 cm³/mol. The summed E-state index contributed by atoms with van der Waals surface area (Å²) >= 11 is 0. The Balaban J connectivity index is 2.39. The molecule has 0 bridgehead atoms. The van der Waals surface area contributed by atoms with Crippen molar-refractivity contribution in [1.82, 2.24) is 0 Å². The van der Waals surface area contributed by atoms with Gasteiger partial charge in [0, 0.05) is 0 Å². The third kappa shape index (κ3) is 6.39. The summed E-state index contributed by atoms with van der Waals surface area (Å²) in [6.45, 7) is 7.56. The van der Waals surface area contributed by atoms with E-state index in [-0.39, 0.29) is 5.92 Å². The van der Waals surface area contributed by atoms with Gasteiger partial charge in [0.15, 0.2) is 0 Å². The van der Waals surface area contributed by atoms with Gasteiger partial charge in [0.25, 0.3) is 0 Å². The summed E-state index contributed by atoms with van der Waals surface area (Å²) in [6.07, 6.45) is 4.70. The van der Waals surface area contributed by atoms with E-state index in [0.29, 0.717) is 5.56 Å². The zero-order valence-corrected chi connectivity index (χ0v) is 12.0. The van der Waals surface area contributed by atoms with Crippen LogP contribution in [0, 0.1) is 12.5 Å². The summed E-state index contributed by atoms with van der Waals surface area (Å²) in [5, 5.41) is 0. The highest BCUT2D eigenvalue weighted by Crippen LogP contribution is 2.10. The van der Waals surface area contributed by atoms with Gasteiger partial charge in [-0.15, -0.1) is 0 Å². The summed E-state index contributed by atoms with van der Waals surface area (Å²) in [6, 6.07) is 7.50. The minimum atomic E-state index is -0.461. The topological polar surface area (TPSA) is 35.5 Å². The van der Waals surface area contributed by atoms with Gasteiger partial charge >= 0.3 is 5.97 Å². The first-order chi connectivity index (χ1) is 9.13. The molecule has 0 aliphatic heterocycles. The van der Waals surface area contributed by atoms with Crippen LogP contribution >= 0.6 is 0 Å². The molecule has 0 heterocycles. The monoisotopic (exact) mass is 263 g/mol. The largest absolute Gasteiger partial charge is 0.373 e. The van der Waals surface area contributed by atoms with Gasteiger partial charge < -0.3 is 0 Å². The van der Waals surface area contributed by atoms with Crippen molar-refractivity contribution in [3.8, 4) is 0 Å². The fourth-order valence-electron chi connectivity index (χ4n) is 1.62. The van der Waals surface area contributed by atoms with Gasteiger partial charge in [-0.25, -0.2) is 4.79 Å². The molecular formula is C16H23O3. The Bertz CT molecular complexity index is 368. The molecule has 1 aromatic carbocycles. The zero-order valence-electron chi connectivity index (χ0n) is 12.0. The lowest BCUT2D eigenvalue weighted by Gasteiger charge is -2.06. The van der Waals surface area contributed by atoms with Crippen molar-refractivity contribution in [1.29, 1.82) is 0 Å². The number of rotatable bonds is 8. The minimum Gasteiger partial charge on any atom is -0.292 e. The summed E-state index contributed by atoms with van der Waals surface area (Å²) in [4.78, 5) is 21.1. The Morgan fingerprint density at radius 1 is 1.21 bits per heavy atom. The maximum absolute atomic E-state index is 11.6. The molecule has 0 saturated heterocycles. The maximum atomic E-state index is 11.6. The van der Waals surface area contributed by atoms with Crippen LogP contribution in [0.4, 0.5) is 0 Å².